The molecule has 142 valence electrons. The molecule has 0 saturated heterocycles. The molecule has 0 heterocycles. The summed E-state index contributed by atoms with van der Waals surface area (Å²) in [6, 6.07) is 7.73. The van der Waals surface area contributed by atoms with E-state index in [4.69, 9.17) is 5.11 Å². The highest BCUT2D eigenvalue weighted by molar-refractivity contribution is 5.82. The molecule has 0 spiro atoms. The number of rotatable bonds is 15. The maximum atomic E-state index is 10.7. The van der Waals surface area contributed by atoms with Crippen molar-refractivity contribution in [1.29, 1.82) is 0 Å². The van der Waals surface area contributed by atoms with Gasteiger partial charge in [-0.2, -0.15) is 0 Å². The number of aryl methyl sites for hydroxylation is 1. The molecular weight excluding hydrogens is 310 g/mol. The number of anilines is 1. The summed E-state index contributed by atoms with van der Waals surface area (Å²) in [5.41, 5.74) is 1.88. The van der Waals surface area contributed by atoms with Crippen LogP contribution in [0.15, 0.2) is 24.3 Å². The monoisotopic (exact) mass is 347 g/mol. The number of hydrogen-bond donors (Lipinski definition) is 2. The molecule has 1 aromatic carbocycles. The molecule has 1 amide bonds. The summed E-state index contributed by atoms with van der Waals surface area (Å²) < 4.78 is 0. The lowest BCUT2D eigenvalue weighted by atomic mass is 10.0. The minimum atomic E-state index is -1.00. The van der Waals surface area contributed by atoms with Crippen LogP contribution >= 0.6 is 0 Å². The van der Waals surface area contributed by atoms with E-state index in [2.05, 4.69) is 18.3 Å². The van der Waals surface area contributed by atoms with Crippen molar-refractivity contribution in [2.24, 2.45) is 0 Å². The summed E-state index contributed by atoms with van der Waals surface area (Å²) in [6.07, 6.45) is 17.8. The van der Waals surface area contributed by atoms with Crippen LogP contribution in [-0.4, -0.2) is 11.2 Å². The first kappa shape index (κ1) is 21.5. The third-order valence-corrected chi connectivity index (χ3v) is 4.75. The summed E-state index contributed by atoms with van der Waals surface area (Å²) >= 11 is 0. The molecule has 0 saturated carbocycles. The van der Waals surface area contributed by atoms with Crippen molar-refractivity contribution in [3.05, 3.63) is 29.8 Å². The Morgan fingerprint density at radius 1 is 0.840 bits per heavy atom. The molecule has 1 aromatic rings. The molecule has 3 nitrogen and oxygen atoms in total. The van der Waals surface area contributed by atoms with Crippen LogP contribution in [0.25, 0.3) is 0 Å². The van der Waals surface area contributed by atoms with Gasteiger partial charge in [0.15, 0.2) is 0 Å². The highest BCUT2D eigenvalue weighted by atomic mass is 16.4. The maximum Gasteiger partial charge on any atom is 0.409 e. The SMILES string of the molecule is CCCCCCCCCCCCCCCc1cccc(NC(=O)O)c1. The smallest absolute Gasteiger partial charge is 0.409 e. The van der Waals surface area contributed by atoms with Gasteiger partial charge in [0.1, 0.15) is 0 Å². The molecule has 0 fully saturated rings. The zero-order chi connectivity index (χ0) is 18.2. The number of carboxylic acid groups (broad SMARTS) is 1. The van der Waals surface area contributed by atoms with Gasteiger partial charge in [-0.1, -0.05) is 96.1 Å². The van der Waals surface area contributed by atoms with E-state index in [1.165, 1.54) is 89.0 Å². The van der Waals surface area contributed by atoms with Gasteiger partial charge in [-0.15, -0.1) is 0 Å². The first-order valence-electron chi connectivity index (χ1n) is 10.3. The normalized spacial score (nSPS) is 10.8. The number of unbranched alkanes of at least 4 members (excludes halogenated alkanes) is 12. The van der Waals surface area contributed by atoms with Crippen molar-refractivity contribution >= 4 is 11.8 Å². The fourth-order valence-corrected chi connectivity index (χ4v) is 3.27. The predicted octanol–water partition coefficient (Wildman–Crippen LogP) is 7.41. The number of nitrogens with one attached hydrogen (secondary N) is 1. The molecular formula is C22H37NO2. The van der Waals surface area contributed by atoms with Gasteiger partial charge in [0.2, 0.25) is 0 Å². The molecule has 0 unspecified atom stereocenters. The molecule has 25 heavy (non-hydrogen) atoms. The first-order valence-corrected chi connectivity index (χ1v) is 10.3. The van der Waals surface area contributed by atoms with Gasteiger partial charge in [0.25, 0.3) is 0 Å². The Kier molecular flexibility index (Phi) is 12.7. The van der Waals surface area contributed by atoms with Gasteiger partial charge in [-0.05, 0) is 30.5 Å². The van der Waals surface area contributed by atoms with E-state index in [1.54, 1.807) is 6.07 Å². The lowest BCUT2D eigenvalue weighted by Crippen LogP contribution is -2.07. The van der Waals surface area contributed by atoms with Crippen molar-refractivity contribution in [1.82, 2.24) is 0 Å². The van der Waals surface area contributed by atoms with Crippen LogP contribution in [0.5, 0.6) is 0 Å². The van der Waals surface area contributed by atoms with Crippen LogP contribution in [0.4, 0.5) is 10.5 Å². The van der Waals surface area contributed by atoms with E-state index in [9.17, 15) is 4.79 Å². The van der Waals surface area contributed by atoms with E-state index in [-0.39, 0.29) is 0 Å². The second-order valence-electron chi connectivity index (χ2n) is 7.12. The molecule has 0 aliphatic heterocycles. The fourth-order valence-electron chi connectivity index (χ4n) is 3.27. The second kappa shape index (κ2) is 14.8. The Bertz CT molecular complexity index is 459. The van der Waals surface area contributed by atoms with E-state index in [1.807, 2.05) is 12.1 Å². The minimum absolute atomic E-state index is 0.666. The average molecular weight is 348 g/mol. The number of benzene rings is 1. The van der Waals surface area contributed by atoms with Crippen molar-refractivity contribution in [3.8, 4) is 0 Å². The maximum absolute atomic E-state index is 10.7. The molecule has 0 bridgehead atoms. The molecule has 0 radical (unpaired) electrons. The molecule has 1 rings (SSSR count). The standard InChI is InChI=1S/C22H37NO2/c1-2-3-4-5-6-7-8-9-10-11-12-13-14-16-20-17-15-18-21(19-20)23-22(24)25/h15,17-19,23H,2-14,16H2,1H3,(H,24,25). The Labute approximate surface area is 154 Å². The van der Waals surface area contributed by atoms with E-state index < -0.39 is 6.09 Å². The van der Waals surface area contributed by atoms with Crippen molar-refractivity contribution in [3.63, 3.8) is 0 Å². The zero-order valence-corrected chi connectivity index (χ0v) is 16.1. The third-order valence-electron chi connectivity index (χ3n) is 4.75. The van der Waals surface area contributed by atoms with Gasteiger partial charge < -0.3 is 5.11 Å². The van der Waals surface area contributed by atoms with Crippen molar-refractivity contribution < 1.29 is 9.90 Å². The molecule has 2 N–H and O–H groups in total. The topological polar surface area (TPSA) is 49.3 Å². The van der Waals surface area contributed by atoms with E-state index in [0.29, 0.717) is 5.69 Å². The average Bonchev–Trinajstić information content (AvgIpc) is 2.59. The lowest BCUT2D eigenvalue weighted by molar-refractivity contribution is 0.210. The minimum Gasteiger partial charge on any atom is -0.465 e. The fraction of sp³-hybridized carbons (Fsp3) is 0.682. The second-order valence-corrected chi connectivity index (χ2v) is 7.12. The number of amides is 1. The first-order chi connectivity index (χ1) is 12.2. The summed E-state index contributed by atoms with van der Waals surface area (Å²) in [4.78, 5) is 10.7. The molecule has 0 aliphatic carbocycles. The molecule has 0 atom stereocenters. The van der Waals surface area contributed by atoms with Gasteiger partial charge in [-0.25, -0.2) is 4.79 Å². The lowest BCUT2D eigenvalue weighted by Gasteiger charge is -2.05. The Hall–Kier alpha value is -1.51. The Morgan fingerprint density at radius 3 is 1.88 bits per heavy atom. The van der Waals surface area contributed by atoms with Crippen LogP contribution in [0.1, 0.15) is 96.0 Å². The number of hydrogen-bond acceptors (Lipinski definition) is 1. The van der Waals surface area contributed by atoms with Crippen molar-refractivity contribution in [2.45, 2.75) is 96.8 Å². The van der Waals surface area contributed by atoms with Gasteiger partial charge in [-0.3, -0.25) is 5.32 Å². The van der Waals surface area contributed by atoms with Gasteiger partial charge in [0.05, 0.1) is 0 Å². The quantitative estimate of drug-likeness (QED) is 0.324. The predicted molar refractivity (Wildman–Crippen MR) is 107 cm³/mol. The summed E-state index contributed by atoms with van der Waals surface area (Å²) in [6.45, 7) is 2.27. The van der Waals surface area contributed by atoms with Gasteiger partial charge in [0, 0.05) is 5.69 Å². The molecule has 0 aliphatic rings. The summed E-state index contributed by atoms with van der Waals surface area (Å²) in [5.74, 6) is 0. The van der Waals surface area contributed by atoms with E-state index in [0.717, 1.165) is 6.42 Å². The number of carbonyl (C=O) groups is 1. The molecule has 3 heteroatoms. The van der Waals surface area contributed by atoms with Crippen molar-refractivity contribution in [2.75, 3.05) is 5.32 Å². The van der Waals surface area contributed by atoms with Gasteiger partial charge >= 0.3 is 6.09 Å². The van der Waals surface area contributed by atoms with E-state index >= 15 is 0 Å². The molecule has 0 aromatic heterocycles. The van der Waals surface area contributed by atoms with Crippen LogP contribution in [0.2, 0.25) is 0 Å². The van der Waals surface area contributed by atoms with Crippen LogP contribution in [-0.2, 0) is 6.42 Å². The highest BCUT2D eigenvalue weighted by Gasteiger charge is 2.00. The van der Waals surface area contributed by atoms with Crippen LogP contribution in [0, 0.1) is 0 Å². The Morgan fingerprint density at radius 2 is 1.36 bits per heavy atom. The third kappa shape index (κ3) is 12.5. The highest BCUT2D eigenvalue weighted by Crippen LogP contribution is 2.15. The summed E-state index contributed by atoms with van der Waals surface area (Å²) in [5, 5.41) is 11.2. The largest absolute Gasteiger partial charge is 0.465 e. The zero-order valence-electron chi connectivity index (χ0n) is 16.1. The van der Waals surface area contributed by atoms with Crippen LogP contribution in [0.3, 0.4) is 0 Å². The Balaban J connectivity index is 1.93. The van der Waals surface area contributed by atoms with Crippen LogP contribution < -0.4 is 5.32 Å². The summed E-state index contributed by atoms with van der Waals surface area (Å²) in [7, 11) is 0.